The zero-order chi connectivity index (χ0) is 21.1. The maximum atomic E-state index is 11.9. The molecule has 0 N–H and O–H groups in total. The smallest absolute Gasteiger partial charge is 0.0724 e. The lowest BCUT2D eigenvalue weighted by Gasteiger charge is -2.25. The first-order chi connectivity index (χ1) is 13.4. The second-order valence-electron chi connectivity index (χ2n) is 7.94. The summed E-state index contributed by atoms with van der Waals surface area (Å²) in [5.41, 5.74) is 1.19. The Labute approximate surface area is 170 Å². The van der Waals surface area contributed by atoms with E-state index in [1.54, 1.807) is 6.07 Å². The molecule has 4 nitrogen and oxygen atoms in total. The number of unbranched alkanes of at least 4 members (excludes halogenated alkanes) is 2. The van der Waals surface area contributed by atoms with Crippen LogP contribution in [0, 0.1) is 11.8 Å². The van der Waals surface area contributed by atoms with Crippen molar-refractivity contribution in [3.05, 3.63) is 34.4 Å². The van der Waals surface area contributed by atoms with Gasteiger partial charge in [-0.15, -0.1) is 0 Å². The molecule has 0 fully saturated rings. The molecule has 28 heavy (non-hydrogen) atoms. The summed E-state index contributed by atoms with van der Waals surface area (Å²) < 4.78 is 0. The molecule has 0 heterocycles. The molecule has 1 rings (SSSR count). The minimum absolute atomic E-state index is 0.169. The Morgan fingerprint density at radius 1 is 0.821 bits per heavy atom. The molecule has 0 radical (unpaired) electrons. The van der Waals surface area contributed by atoms with Gasteiger partial charge in [-0.2, -0.15) is 0 Å². The maximum Gasteiger partial charge on any atom is 0.0724 e. The summed E-state index contributed by atoms with van der Waals surface area (Å²) >= 11 is 0. The van der Waals surface area contributed by atoms with Gasteiger partial charge in [-0.1, -0.05) is 91.2 Å². The first-order valence-corrected chi connectivity index (χ1v) is 11.0. The number of hydrogen-bond donors (Lipinski definition) is 0. The van der Waals surface area contributed by atoms with Crippen molar-refractivity contribution in [3.8, 4) is 0 Å². The third kappa shape index (κ3) is 6.96. The number of aromatic carboxylic acids is 2. The van der Waals surface area contributed by atoms with E-state index in [1.165, 1.54) is 6.07 Å². The summed E-state index contributed by atoms with van der Waals surface area (Å²) in [6.45, 7) is 8.57. The fourth-order valence-electron chi connectivity index (χ4n) is 4.00. The summed E-state index contributed by atoms with van der Waals surface area (Å²) in [5.74, 6) is -2.06. The van der Waals surface area contributed by atoms with E-state index in [2.05, 4.69) is 27.7 Å². The van der Waals surface area contributed by atoms with E-state index in [9.17, 15) is 19.8 Å². The van der Waals surface area contributed by atoms with Crippen LogP contribution in [0.4, 0.5) is 0 Å². The van der Waals surface area contributed by atoms with Crippen molar-refractivity contribution in [1.82, 2.24) is 0 Å². The van der Waals surface area contributed by atoms with E-state index < -0.39 is 11.9 Å². The van der Waals surface area contributed by atoms with E-state index in [0.29, 0.717) is 23.8 Å². The van der Waals surface area contributed by atoms with Gasteiger partial charge >= 0.3 is 0 Å². The summed E-state index contributed by atoms with van der Waals surface area (Å²) in [5, 5.41) is 23.4. The molecule has 0 amide bonds. The Hall–Kier alpha value is -1.84. The van der Waals surface area contributed by atoms with Crippen molar-refractivity contribution in [1.29, 1.82) is 0 Å². The molecule has 158 valence electrons. The number of carboxylic acids is 2. The number of hydrogen-bond acceptors (Lipinski definition) is 4. The van der Waals surface area contributed by atoms with Gasteiger partial charge in [0.15, 0.2) is 0 Å². The van der Waals surface area contributed by atoms with Crippen molar-refractivity contribution >= 4 is 11.9 Å². The molecule has 2 atom stereocenters. The van der Waals surface area contributed by atoms with Gasteiger partial charge in [-0.25, -0.2) is 0 Å². The highest BCUT2D eigenvalue weighted by Crippen LogP contribution is 2.29. The Kier molecular flexibility index (Phi) is 10.9. The molecule has 2 unspecified atom stereocenters. The van der Waals surface area contributed by atoms with Crippen molar-refractivity contribution in [3.63, 3.8) is 0 Å². The average molecular weight is 389 g/mol. The van der Waals surface area contributed by atoms with E-state index in [-0.39, 0.29) is 11.1 Å². The average Bonchev–Trinajstić information content (AvgIpc) is 2.68. The van der Waals surface area contributed by atoms with E-state index in [0.717, 1.165) is 63.4 Å². The van der Waals surface area contributed by atoms with Gasteiger partial charge in [-0.05, 0) is 35.8 Å². The van der Waals surface area contributed by atoms with Crippen LogP contribution in [0.2, 0.25) is 0 Å². The number of carboxylic acid groups (broad SMARTS) is 2. The van der Waals surface area contributed by atoms with Crippen LogP contribution in [0.25, 0.3) is 0 Å². The number of benzene rings is 1. The molecule has 4 heteroatoms. The molecule has 0 saturated heterocycles. The standard InChI is InChI=1S/C24H38O4/c1-5-9-11-17(7-3)15-19-13-14-20(23(25)26)22(24(27)28)21(19)16-18(8-4)12-10-6-2/h13-14,17-18H,5-12,15-16H2,1-4H3,(H,25,26)(H,27,28)/p-2. The molecule has 0 aliphatic rings. The molecule has 0 aromatic heterocycles. The van der Waals surface area contributed by atoms with Crippen LogP contribution in [0.15, 0.2) is 12.1 Å². The molecule has 0 saturated carbocycles. The van der Waals surface area contributed by atoms with Crippen LogP contribution in [-0.4, -0.2) is 11.9 Å². The summed E-state index contributed by atoms with van der Waals surface area (Å²) in [4.78, 5) is 23.4. The topological polar surface area (TPSA) is 80.3 Å². The maximum absolute atomic E-state index is 11.9. The van der Waals surface area contributed by atoms with Crippen LogP contribution in [0.1, 0.15) is 111 Å². The van der Waals surface area contributed by atoms with E-state index in [4.69, 9.17) is 0 Å². The van der Waals surface area contributed by atoms with Gasteiger partial charge < -0.3 is 19.8 Å². The lowest BCUT2D eigenvalue weighted by atomic mass is 9.82. The van der Waals surface area contributed by atoms with E-state index in [1.807, 2.05) is 0 Å². The first kappa shape index (κ1) is 24.2. The van der Waals surface area contributed by atoms with Crippen LogP contribution >= 0.6 is 0 Å². The molecule has 1 aromatic carbocycles. The third-order valence-electron chi connectivity index (χ3n) is 5.92. The molecular formula is C24H36O4-2. The monoisotopic (exact) mass is 388 g/mol. The predicted octanol–water partition coefficient (Wildman–Crippen LogP) is 3.93. The summed E-state index contributed by atoms with van der Waals surface area (Å²) in [7, 11) is 0. The van der Waals surface area contributed by atoms with Gasteiger partial charge in [-0.3, -0.25) is 0 Å². The minimum Gasteiger partial charge on any atom is -0.545 e. The summed E-state index contributed by atoms with van der Waals surface area (Å²) in [6.07, 6.45) is 9.89. The molecule has 0 bridgehead atoms. The highest BCUT2D eigenvalue weighted by molar-refractivity contribution is 6.01. The Morgan fingerprint density at radius 2 is 1.36 bits per heavy atom. The van der Waals surface area contributed by atoms with E-state index >= 15 is 0 Å². The van der Waals surface area contributed by atoms with Crippen molar-refractivity contribution in [2.45, 2.75) is 91.9 Å². The van der Waals surface area contributed by atoms with Gasteiger partial charge in [0.1, 0.15) is 0 Å². The van der Waals surface area contributed by atoms with Crippen LogP contribution in [0.3, 0.4) is 0 Å². The molecule has 0 aliphatic carbocycles. The van der Waals surface area contributed by atoms with Gasteiger partial charge in [0.2, 0.25) is 0 Å². The van der Waals surface area contributed by atoms with Gasteiger partial charge in [0.25, 0.3) is 0 Å². The van der Waals surface area contributed by atoms with Gasteiger partial charge in [0.05, 0.1) is 11.9 Å². The zero-order valence-electron chi connectivity index (χ0n) is 18.0. The minimum atomic E-state index is -1.45. The SMILES string of the molecule is CCCCC(CC)Cc1ccc(C(=O)[O-])c(C(=O)[O-])c1CC(CC)CCCC. The third-order valence-corrected chi connectivity index (χ3v) is 5.92. The van der Waals surface area contributed by atoms with Gasteiger partial charge in [0, 0.05) is 11.1 Å². The van der Waals surface area contributed by atoms with Crippen LogP contribution < -0.4 is 10.2 Å². The molecule has 0 spiro atoms. The highest BCUT2D eigenvalue weighted by atomic mass is 16.4. The fourth-order valence-corrected chi connectivity index (χ4v) is 4.00. The van der Waals surface area contributed by atoms with Crippen LogP contribution in [0.5, 0.6) is 0 Å². The first-order valence-electron chi connectivity index (χ1n) is 11.0. The zero-order valence-corrected chi connectivity index (χ0v) is 18.0. The van der Waals surface area contributed by atoms with Crippen LogP contribution in [-0.2, 0) is 12.8 Å². The number of rotatable bonds is 14. The quantitative estimate of drug-likeness (QED) is 0.483. The molecule has 1 aromatic rings. The predicted molar refractivity (Wildman–Crippen MR) is 109 cm³/mol. The lowest BCUT2D eigenvalue weighted by molar-refractivity contribution is -0.259. The highest BCUT2D eigenvalue weighted by Gasteiger charge is 2.20. The summed E-state index contributed by atoms with van der Waals surface area (Å²) in [6, 6.07) is 3.19. The normalized spacial score (nSPS) is 13.3. The molecular weight excluding hydrogens is 352 g/mol. The largest absolute Gasteiger partial charge is 0.545 e. The lowest BCUT2D eigenvalue weighted by Crippen LogP contribution is -2.32. The Balaban J connectivity index is 3.38. The van der Waals surface area contributed by atoms with Crippen molar-refractivity contribution in [2.24, 2.45) is 11.8 Å². The second kappa shape index (κ2) is 12.6. The second-order valence-corrected chi connectivity index (χ2v) is 7.94. The Bertz CT molecular complexity index is 636. The van der Waals surface area contributed by atoms with Crippen molar-refractivity contribution in [2.75, 3.05) is 0 Å². The number of carbonyl (C=O) groups excluding carboxylic acids is 2. The Morgan fingerprint density at radius 3 is 1.79 bits per heavy atom. The molecule has 0 aliphatic heterocycles. The number of carbonyl (C=O) groups is 2. The van der Waals surface area contributed by atoms with Crippen molar-refractivity contribution < 1.29 is 19.8 Å². The fraction of sp³-hybridized carbons (Fsp3) is 0.667.